The highest BCUT2D eigenvalue weighted by Crippen LogP contribution is 2.23. The van der Waals surface area contributed by atoms with Crippen LogP contribution in [0.1, 0.15) is 5.56 Å². The van der Waals surface area contributed by atoms with Crippen molar-refractivity contribution in [2.24, 2.45) is 0 Å². The van der Waals surface area contributed by atoms with Crippen molar-refractivity contribution in [3.63, 3.8) is 0 Å². The zero-order valence-corrected chi connectivity index (χ0v) is 12.7. The number of para-hydroxylation sites is 2. The van der Waals surface area contributed by atoms with E-state index in [1.54, 1.807) is 24.3 Å². The second-order valence-electron chi connectivity index (χ2n) is 5.60. The molecule has 0 radical (unpaired) electrons. The van der Waals surface area contributed by atoms with Gasteiger partial charge in [0.2, 0.25) is 0 Å². The molecule has 0 aliphatic carbocycles. The molecular formula is C17H18FN3O2. The molecule has 1 aliphatic heterocycles. The van der Waals surface area contributed by atoms with Gasteiger partial charge in [-0.15, -0.1) is 0 Å². The first-order valence-corrected chi connectivity index (χ1v) is 7.59. The maximum atomic E-state index is 13.8. The van der Waals surface area contributed by atoms with E-state index < -0.39 is 0 Å². The summed E-state index contributed by atoms with van der Waals surface area (Å²) in [4.78, 5) is 14.9. The minimum atomic E-state index is -0.342. The molecule has 0 bridgehead atoms. The summed E-state index contributed by atoms with van der Waals surface area (Å²) in [5.41, 5.74) is 1.50. The summed E-state index contributed by atoms with van der Waals surface area (Å²) in [6, 6.07) is 13.6. The van der Waals surface area contributed by atoms with E-state index in [0.717, 1.165) is 18.7 Å². The van der Waals surface area contributed by atoms with Crippen molar-refractivity contribution >= 4 is 11.4 Å². The van der Waals surface area contributed by atoms with Gasteiger partial charge in [-0.1, -0.05) is 30.3 Å². The van der Waals surface area contributed by atoms with Crippen LogP contribution in [-0.2, 0) is 6.54 Å². The van der Waals surface area contributed by atoms with E-state index in [2.05, 4.69) is 4.90 Å². The molecule has 0 unspecified atom stereocenters. The molecule has 2 aromatic carbocycles. The number of rotatable bonds is 4. The normalized spacial score (nSPS) is 15.6. The zero-order valence-electron chi connectivity index (χ0n) is 12.7. The molecule has 1 heterocycles. The monoisotopic (exact) mass is 315 g/mol. The van der Waals surface area contributed by atoms with E-state index in [1.807, 2.05) is 17.0 Å². The van der Waals surface area contributed by atoms with Gasteiger partial charge < -0.3 is 4.90 Å². The minimum absolute atomic E-state index is 0.157. The average molecular weight is 315 g/mol. The van der Waals surface area contributed by atoms with Crippen molar-refractivity contribution in [2.45, 2.75) is 6.54 Å². The van der Waals surface area contributed by atoms with Crippen molar-refractivity contribution < 1.29 is 9.31 Å². The van der Waals surface area contributed by atoms with Gasteiger partial charge in [0.1, 0.15) is 5.82 Å². The summed E-state index contributed by atoms with van der Waals surface area (Å²) >= 11 is 0. The molecule has 0 spiro atoms. The fraction of sp³-hybridized carbons (Fsp3) is 0.294. The van der Waals surface area contributed by atoms with Crippen LogP contribution in [-0.4, -0.2) is 36.0 Å². The van der Waals surface area contributed by atoms with Crippen molar-refractivity contribution in [1.29, 1.82) is 0 Å². The van der Waals surface area contributed by atoms with Gasteiger partial charge in [0.25, 0.3) is 5.69 Å². The van der Waals surface area contributed by atoms with Gasteiger partial charge in [-0.25, -0.2) is 4.39 Å². The highest BCUT2D eigenvalue weighted by atomic mass is 19.1. The van der Waals surface area contributed by atoms with Crippen LogP contribution in [0.2, 0.25) is 0 Å². The Morgan fingerprint density at radius 3 is 2.35 bits per heavy atom. The molecule has 0 saturated carbocycles. The highest BCUT2D eigenvalue weighted by molar-refractivity contribution is 5.48. The number of benzene rings is 2. The SMILES string of the molecule is O=[N+]([O-])c1ccccc1CN1CCN(c2ccccc2F)CC1. The summed E-state index contributed by atoms with van der Waals surface area (Å²) in [6.45, 7) is 3.46. The Labute approximate surface area is 134 Å². The molecule has 6 heteroatoms. The molecule has 5 nitrogen and oxygen atoms in total. The smallest absolute Gasteiger partial charge is 0.273 e. The Kier molecular flexibility index (Phi) is 4.52. The summed E-state index contributed by atoms with van der Waals surface area (Å²) in [6.07, 6.45) is 0. The Balaban J connectivity index is 1.64. The minimum Gasteiger partial charge on any atom is -0.367 e. The standard InChI is InChI=1S/C17H18FN3O2/c18-15-6-2-4-8-17(15)20-11-9-19(10-12-20)13-14-5-1-3-7-16(14)21(22)23/h1-8H,9-13H2. The molecule has 0 N–H and O–H groups in total. The zero-order chi connectivity index (χ0) is 16.2. The van der Waals surface area contributed by atoms with Crippen LogP contribution in [0.3, 0.4) is 0 Å². The second-order valence-corrected chi connectivity index (χ2v) is 5.60. The lowest BCUT2D eigenvalue weighted by Gasteiger charge is -2.36. The average Bonchev–Trinajstić information content (AvgIpc) is 2.56. The largest absolute Gasteiger partial charge is 0.367 e. The summed E-state index contributed by atoms with van der Waals surface area (Å²) < 4.78 is 13.8. The van der Waals surface area contributed by atoms with Crippen LogP contribution < -0.4 is 4.90 Å². The van der Waals surface area contributed by atoms with E-state index in [0.29, 0.717) is 25.3 Å². The Bertz CT molecular complexity index is 700. The van der Waals surface area contributed by atoms with Gasteiger partial charge in [-0.2, -0.15) is 0 Å². The number of piperazine rings is 1. The van der Waals surface area contributed by atoms with Gasteiger partial charge in [0.15, 0.2) is 0 Å². The number of hydrogen-bond acceptors (Lipinski definition) is 4. The molecule has 23 heavy (non-hydrogen) atoms. The Morgan fingerprint density at radius 1 is 1.00 bits per heavy atom. The maximum Gasteiger partial charge on any atom is 0.273 e. The lowest BCUT2D eigenvalue weighted by molar-refractivity contribution is -0.385. The Hall–Kier alpha value is -2.47. The fourth-order valence-corrected chi connectivity index (χ4v) is 2.92. The van der Waals surface area contributed by atoms with Crippen LogP contribution in [0.5, 0.6) is 0 Å². The molecule has 1 aliphatic rings. The third-order valence-electron chi connectivity index (χ3n) is 4.15. The first-order valence-electron chi connectivity index (χ1n) is 7.59. The molecule has 2 aromatic rings. The number of nitrogens with zero attached hydrogens (tertiary/aromatic N) is 3. The van der Waals surface area contributed by atoms with E-state index >= 15 is 0 Å². The quantitative estimate of drug-likeness (QED) is 0.643. The topological polar surface area (TPSA) is 49.6 Å². The number of halogens is 1. The molecule has 1 saturated heterocycles. The summed E-state index contributed by atoms with van der Waals surface area (Å²) in [7, 11) is 0. The van der Waals surface area contributed by atoms with Gasteiger partial charge in [-0.05, 0) is 12.1 Å². The van der Waals surface area contributed by atoms with E-state index in [-0.39, 0.29) is 16.4 Å². The van der Waals surface area contributed by atoms with E-state index in [9.17, 15) is 14.5 Å². The third-order valence-corrected chi connectivity index (χ3v) is 4.15. The highest BCUT2D eigenvalue weighted by Gasteiger charge is 2.21. The van der Waals surface area contributed by atoms with Gasteiger partial charge in [-0.3, -0.25) is 15.0 Å². The van der Waals surface area contributed by atoms with Gasteiger partial charge in [0.05, 0.1) is 10.6 Å². The van der Waals surface area contributed by atoms with Crippen molar-refractivity contribution in [3.05, 3.63) is 70.0 Å². The molecule has 0 amide bonds. The molecule has 120 valence electrons. The molecular weight excluding hydrogens is 297 g/mol. The predicted molar refractivity (Wildman–Crippen MR) is 87.0 cm³/mol. The molecule has 0 atom stereocenters. The summed E-state index contributed by atoms with van der Waals surface area (Å²) in [5.74, 6) is -0.209. The third kappa shape index (κ3) is 3.48. The summed E-state index contributed by atoms with van der Waals surface area (Å²) in [5, 5.41) is 11.1. The van der Waals surface area contributed by atoms with Crippen LogP contribution >= 0.6 is 0 Å². The first-order chi connectivity index (χ1) is 11.1. The maximum absolute atomic E-state index is 13.8. The van der Waals surface area contributed by atoms with Crippen molar-refractivity contribution in [3.8, 4) is 0 Å². The number of hydrogen-bond donors (Lipinski definition) is 0. The van der Waals surface area contributed by atoms with Crippen LogP contribution in [0.25, 0.3) is 0 Å². The molecule has 0 aromatic heterocycles. The first kappa shape index (κ1) is 15.4. The van der Waals surface area contributed by atoms with Crippen LogP contribution in [0.15, 0.2) is 48.5 Å². The number of nitro benzene ring substituents is 1. The van der Waals surface area contributed by atoms with Gasteiger partial charge in [0, 0.05) is 44.4 Å². The Morgan fingerprint density at radius 2 is 1.65 bits per heavy atom. The fourth-order valence-electron chi connectivity index (χ4n) is 2.92. The van der Waals surface area contributed by atoms with E-state index in [1.165, 1.54) is 12.1 Å². The van der Waals surface area contributed by atoms with E-state index in [4.69, 9.17) is 0 Å². The van der Waals surface area contributed by atoms with Crippen molar-refractivity contribution in [1.82, 2.24) is 4.90 Å². The van der Waals surface area contributed by atoms with Crippen LogP contribution in [0, 0.1) is 15.9 Å². The number of nitro groups is 1. The molecule has 3 rings (SSSR count). The van der Waals surface area contributed by atoms with Crippen LogP contribution in [0.4, 0.5) is 15.8 Å². The number of anilines is 1. The lowest BCUT2D eigenvalue weighted by Crippen LogP contribution is -2.46. The van der Waals surface area contributed by atoms with Gasteiger partial charge >= 0.3 is 0 Å². The second kappa shape index (κ2) is 6.75. The van der Waals surface area contributed by atoms with Crippen molar-refractivity contribution in [2.75, 3.05) is 31.1 Å². The predicted octanol–water partition coefficient (Wildman–Crippen LogP) is 3.06. The lowest BCUT2D eigenvalue weighted by atomic mass is 10.1. The molecule has 1 fully saturated rings.